The lowest BCUT2D eigenvalue weighted by Gasteiger charge is -2.22. The fourth-order valence-electron chi connectivity index (χ4n) is 1.16. The highest BCUT2D eigenvalue weighted by molar-refractivity contribution is 7.90. The van der Waals surface area contributed by atoms with E-state index in [9.17, 15) is 13.5 Å². The van der Waals surface area contributed by atoms with Gasteiger partial charge < -0.3 is 9.84 Å². The van der Waals surface area contributed by atoms with Gasteiger partial charge in [0.15, 0.2) is 0 Å². The summed E-state index contributed by atoms with van der Waals surface area (Å²) >= 11 is 0. The molecule has 86 valence electrons. The lowest BCUT2D eigenvalue weighted by molar-refractivity contribution is 0.0170. The summed E-state index contributed by atoms with van der Waals surface area (Å²) < 4.78 is 26.5. The van der Waals surface area contributed by atoms with E-state index in [1.807, 2.05) is 0 Å². The van der Waals surface area contributed by atoms with Crippen molar-refractivity contribution in [3.63, 3.8) is 0 Å². The molecule has 0 saturated carbocycles. The first-order valence-electron chi connectivity index (χ1n) is 4.66. The Morgan fingerprint density at radius 1 is 1.36 bits per heavy atom. The molecule has 0 aromatic rings. The highest BCUT2D eigenvalue weighted by atomic mass is 32.2. The molecule has 5 heteroatoms. The van der Waals surface area contributed by atoms with E-state index in [0.29, 0.717) is 25.9 Å². The van der Waals surface area contributed by atoms with Crippen LogP contribution in [-0.2, 0) is 14.6 Å². The van der Waals surface area contributed by atoms with Crippen LogP contribution in [-0.4, -0.2) is 44.9 Å². The molecular formula is C9H20O4S. The highest BCUT2D eigenvalue weighted by Gasteiger charge is 2.20. The minimum absolute atomic E-state index is 0.135. The van der Waals surface area contributed by atoms with Crippen molar-refractivity contribution in [1.29, 1.82) is 0 Å². The second-order valence-corrected chi connectivity index (χ2v) is 6.23. The molecule has 0 radical (unpaired) electrons. The summed E-state index contributed by atoms with van der Waals surface area (Å²) in [6, 6.07) is 0. The van der Waals surface area contributed by atoms with Gasteiger partial charge in [0.05, 0.1) is 5.60 Å². The van der Waals surface area contributed by atoms with E-state index in [0.717, 1.165) is 0 Å². The number of sulfone groups is 1. The first-order chi connectivity index (χ1) is 6.27. The minimum atomic E-state index is -2.91. The predicted octanol–water partition coefficient (Wildman–Crippen LogP) is 0.599. The van der Waals surface area contributed by atoms with Gasteiger partial charge >= 0.3 is 0 Å². The molecule has 0 fully saturated rings. The van der Waals surface area contributed by atoms with Gasteiger partial charge in [-0.2, -0.15) is 0 Å². The first kappa shape index (κ1) is 13.9. The molecule has 0 aliphatic rings. The molecule has 0 bridgehead atoms. The number of hydrogen-bond acceptors (Lipinski definition) is 4. The third-order valence-electron chi connectivity index (χ3n) is 2.08. The third kappa shape index (κ3) is 8.47. The van der Waals surface area contributed by atoms with Crippen LogP contribution in [0.25, 0.3) is 0 Å². The number of hydrogen-bond donors (Lipinski definition) is 1. The summed E-state index contributed by atoms with van der Waals surface area (Å²) in [7, 11) is -1.33. The summed E-state index contributed by atoms with van der Waals surface area (Å²) in [6.07, 6.45) is 2.73. The SMILES string of the molecule is COCCC(C)(O)CCCS(C)(=O)=O. The maximum Gasteiger partial charge on any atom is 0.147 e. The number of methoxy groups -OCH3 is 1. The van der Waals surface area contributed by atoms with Gasteiger partial charge in [0.1, 0.15) is 9.84 Å². The topological polar surface area (TPSA) is 63.6 Å². The Bertz CT molecular complexity index is 244. The van der Waals surface area contributed by atoms with Crippen molar-refractivity contribution >= 4 is 9.84 Å². The van der Waals surface area contributed by atoms with Crippen LogP contribution in [0, 0.1) is 0 Å². The number of rotatable bonds is 7. The van der Waals surface area contributed by atoms with Crippen molar-refractivity contribution in [3.8, 4) is 0 Å². The monoisotopic (exact) mass is 224 g/mol. The molecule has 0 amide bonds. The first-order valence-corrected chi connectivity index (χ1v) is 6.72. The molecule has 4 nitrogen and oxygen atoms in total. The summed E-state index contributed by atoms with van der Waals surface area (Å²) in [4.78, 5) is 0. The van der Waals surface area contributed by atoms with Crippen LogP contribution in [0.15, 0.2) is 0 Å². The second-order valence-electron chi connectivity index (χ2n) is 3.97. The molecule has 1 unspecified atom stereocenters. The van der Waals surface area contributed by atoms with Crippen LogP contribution in [0.4, 0.5) is 0 Å². The summed E-state index contributed by atoms with van der Waals surface area (Å²) in [5, 5.41) is 9.77. The number of ether oxygens (including phenoxy) is 1. The average molecular weight is 224 g/mol. The molecule has 1 N–H and O–H groups in total. The summed E-state index contributed by atoms with van der Waals surface area (Å²) in [5.41, 5.74) is -0.819. The van der Waals surface area contributed by atoms with Crippen LogP contribution >= 0.6 is 0 Å². The van der Waals surface area contributed by atoms with Gasteiger partial charge in [-0.05, 0) is 26.2 Å². The summed E-state index contributed by atoms with van der Waals surface area (Å²) in [5.74, 6) is 0.135. The quantitative estimate of drug-likeness (QED) is 0.688. The lowest BCUT2D eigenvalue weighted by Crippen LogP contribution is -2.26. The van der Waals surface area contributed by atoms with Crippen LogP contribution in [0.5, 0.6) is 0 Å². The maximum atomic E-state index is 10.8. The standard InChI is InChI=1S/C9H20O4S/c1-9(10,6-7-13-2)5-4-8-14(3,11)12/h10H,4-8H2,1-3H3. The molecule has 0 heterocycles. The number of aliphatic hydroxyl groups is 1. The maximum absolute atomic E-state index is 10.8. The second kappa shape index (κ2) is 5.68. The van der Waals surface area contributed by atoms with Gasteiger partial charge in [-0.25, -0.2) is 8.42 Å². The molecule has 0 aromatic carbocycles. The fraction of sp³-hybridized carbons (Fsp3) is 1.00. The molecule has 14 heavy (non-hydrogen) atoms. The van der Waals surface area contributed by atoms with Gasteiger partial charge in [-0.3, -0.25) is 0 Å². The Morgan fingerprint density at radius 3 is 2.36 bits per heavy atom. The Labute approximate surface area is 86.2 Å². The van der Waals surface area contributed by atoms with E-state index in [-0.39, 0.29) is 5.75 Å². The molecular weight excluding hydrogens is 204 g/mol. The van der Waals surface area contributed by atoms with Crippen molar-refractivity contribution in [2.75, 3.05) is 25.7 Å². The van der Waals surface area contributed by atoms with Crippen molar-refractivity contribution in [2.45, 2.75) is 31.8 Å². The average Bonchev–Trinajstić information content (AvgIpc) is 1.98. The van der Waals surface area contributed by atoms with Crippen LogP contribution in [0.1, 0.15) is 26.2 Å². The van der Waals surface area contributed by atoms with Gasteiger partial charge in [0.25, 0.3) is 0 Å². The van der Waals surface area contributed by atoms with Crippen LogP contribution < -0.4 is 0 Å². The van der Waals surface area contributed by atoms with Crippen molar-refractivity contribution in [2.24, 2.45) is 0 Å². The van der Waals surface area contributed by atoms with E-state index in [1.165, 1.54) is 6.26 Å². The Balaban J connectivity index is 3.76. The van der Waals surface area contributed by atoms with Gasteiger partial charge in [0, 0.05) is 25.7 Å². The lowest BCUT2D eigenvalue weighted by atomic mass is 9.97. The largest absolute Gasteiger partial charge is 0.390 e. The Morgan fingerprint density at radius 2 is 1.93 bits per heavy atom. The van der Waals surface area contributed by atoms with E-state index >= 15 is 0 Å². The van der Waals surface area contributed by atoms with Crippen LogP contribution in [0.3, 0.4) is 0 Å². The smallest absolute Gasteiger partial charge is 0.147 e. The highest BCUT2D eigenvalue weighted by Crippen LogP contribution is 2.16. The molecule has 0 aromatic heterocycles. The van der Waals surface area contributed by atoms with Crippen molar-refractivity contribution in [3.05, 3.63) is 0 Å². The molecule has 0 spiro atoms. The van der Waals surface area contributed by atoms with E-state index in [1.54, 1.807) is 14.0 Å². The molecule has 0 rings (SSSR count). The van der Waals surface area contributed by atoms with Crippen molar-refractivity contribution in [1.82, 2.24) is 0 Å². The van der Waals surface area contributed by atoms with E-state index < -0.39 is 15.4 Å². The molecule has 0 aliphatic heterocycles. The Hall–Kier alpha value is -0.130. The normalized spacial score (nSPS) is 16.6. The van der Waals surface area contributed by atoms with Gasteiger partial charge in [-0.15, -0.1) is 0 Å². The van der Waals surface area contributed by atoms with Crippen molar-refractivity contribution < 1.29 is 18.3 Å². The zero-order valence-corrected chi connectivity index (χ0v) is 9.93. The summed E-state index contributed by atoms with van der Waals surface area (Å²) in [6.45, 7) is 2.19. The molecule has 0 aliphatic carbocycles. The third-order valence-corrected chi connectivity index (χ3v) is 3.11. The molecule has 0 saturated heterocycles. The zero-order chi connectivity index (χ0) is 11.2. The van der Waals surface area contributed by atoms with Gasteiger partial charge in [-0.1, -0.05) is 0 Å². The van der Waals surface area contributed by atoms with Gasteiger partial charge in [0.2, 0.25) is 0 Å². The van der Waals surface area contributed by atoms with E-state index in [2.05, 4.69) is 0 Å². The van der Waals surface area contributed by atoms with E-state index in [4.69, 9.17) is 4.74 Å². The Kier molecular flexibility index (Phi) is 5.63. The minimum Gasteiger partial charge on any atom is -0.390 e. The van der Waals surface area contributed by atoms with Crippen LogP contribution in [0.2, 0.25) is 0 Å². The fourth-order valence-corrected chi connectivity index (χ4v) is 1.83. The predicted molar refractivity (Wildman–Crippen MR) is 56.1 cm³/mol. The molecule has 1 atom stereocenters. The zero-order valence-electron chi connectivity index (χ0n) is 9.12.